The first kappa shape index (κ1) is 19.6. The lowest BCUT2D eigenvalue weighted by molar-refractivity contribution is -0.137. The van der Waals surface area contributed by atoms with E-state index in [2.05, 4.69) is 10.0 Å². The minimum Gasteiger partial charge on any atom is -0.495 e. The summed E-state index contributed by atoms with van der Waals surface area (Å²) in [6.07, 6.45) is -4.56. The topological polar surface area (TPSA) is 84.5 Å². The molecule has 0 saturated heterocycles. The highest BCUT2D eigenvalue weighted by Crippen LogP contribution is 2.31. The molecule has 0 atom stereocenters. The number of benzene rings is 2. The van der Waals surface area contributed by atoms with E-state index < -0.39 is 21.8 Å². The number of anilines is 2. The van der Waals surface area contributed by atoms with Gasteiger partial charge in [0.2, 0.25) is 5.91 Å². The van der Waals surface area contributed by atoms with Crippen LogP contribution in [0.5, 0.6) is 5.75 Å². The number of nitrogens with one attached hydrogen (secondary N) is 2. The molecule has 0 heterocycles. The molecule has 0 aliphatic heterocycles. The van der Waals surface area contributed by atoms with E-state index in [0.29, 0.717) is 17.9 Å². The normalized spacial score (nSPS) is 11.7. The first-order valence-electron chi connectivity index (χ1n) is 7.18. The molecule has 0 spiro atoms. The van der Waals surface area contributed by atoms with E-state index in [0.717, 1.165) is 12.1 Å². The van der Waals surface area contributed by atoms with Gasteiger partial charge in [0.25, 0.3) is 10.0 Å². The van der Waals surface area contributed by atoms with Gasteiger partial charge in [-0.1, -0.05) is 0 Å². The summed E-state index contributed by atoms with van der Waals surface area (Å²) in [5.41, 5.74) is -0.601. The van der Waals surface area contributed by atoms with Crippen molar-refractivity contribution >= 4 is 27.3 Å². The van der Waals surface area contributed by atoms with Crippen LogP contribution in [0.2, 0.25) is 0 Å². The largest absolute Gasteiger partial charge is 0.495 e. The molecule has 2 rings (SSSR count). The van der Waals surface area contributed by atoms with E-state index >= 15 is 0 Å². The molecular weight excluding hydrogens is 373 g/mol. The Morgan fingerprint density at radius 1 is 1.08 bits per heavy atom. The smallest absolute Gasteiger partial charge is 0.416 e. The van der Waals surface area contributed by atoms with Crippen LogP contribution in [-0.2, 0) is 21.0 Å². The van der Waals surface area contributed by atoms with Crippen LogP contribution in [0.3, 0.4) is 0 Å². The van der Waals surface area contributed by atoms with Crippen LogP contribution in [0.1, 0.15) is 12.5 Å². The first-order chi connectivity index (χ1) is 12.0. The van der Waals surface area contributed by atoms with Gasteiger partial charge in [-0.25, -0.2) is 8.42 Å². The van der Waals surface area contributed by atoms with Crippen LogP contribution in [0, 0.1) is 0 Å². The van der Waals surface area contributed by atoms with Crippen molar-refractivity contribution in [2.24, 2.45) is 0 Å². The number of amides is 1. The van der Waals surface area contributed by atoms with Crippen molar-refractivity contribution in [3.8, 4) is 5.75 Å². The maximum absolute atomic E-state index is 12.6. The minimum absolute atomic E-state index is 0.106. The second-order valence-corrected chi connectivity index (χ2v) is 6.91. The van der Waals surface area contributed by atoms with Crippen LogP contribution in [-0.4, -0.2) is 21.4 Å². The highest BCUT2D eigenvalue weighted by atomic mass is 32.2. The number of carbonyl (C=O) groups is 1. The monoisotopic (exact) mass is 388 g/mol. The summed E-state index contributed by atoms with van der Waals surface area (Å²) < 4.78 is 69.7. The van der Waals surface area contributed by atoms with Gasteiger partial charge in [-0.3, -0.25) is 9.52 Å². The zero-order chi connectivity index (χ0) is 19.5. The molecule has 0 aliphatic carbocycles. The van der Waals surface area contributed by atoms with Gasteiger partial charge < -0.3 is 10.1 Å². The number of hydrogen-bond donors (Lipinski definition) is 2. The Balaban J connectivity index is 2.30. The molecule has 140 valence electrons. The Morgan fingerprint density at radius 3 is 2.19 bits per heavy atom. The Kier molecular flexibility index (Phi) is 5.45. The fraction of sp³-hybridized carbons (Fsp3) is 0.188. The van der Waals surface area contributed by atoms with E-state index in [1.165, 1.54) is 32.2 Å². The quantitative estimate of drug-likeness (QED) is 0.821. The van der Waals surface area contributed by atoms with Crippen molar-refractivity contribution in [1.29, 1.82) is 0 Å². The molecule has 6 nitrogen and oxygen atoms in total. The minimum atomic E-state index is -4.56. The molecule has 0 radical (unpaired) electrons. The van der Waals surface area contributed by atoms with Crippen LogP contribution >= 0.6 is 0 Å². The first-order valence-corrected chi connectivity index (χ1v) is 8.67. The van der Waals surface area contributed by atoms with Crippen LogP contribution in [0.4, 0.5) is 24.5 Å². The van der Waals surface area contributed by atoms with Crippen molar-refractivity contribution in [3.63, 3.8) is 0 Å². The van der Waals surface area contributed by atoms with Crippen molar-refractivity contribution in [2.45, 2.75) is 18.0 Å². The summed E-state index contributed by atoms with van der Waals surface area (Å²) in [4.78, 5) is 10.9. The van der Waals surface area contributed by atoms with E-state index in [1.807, 2.05) is 0 Å². The molecule has 0 saturated carbocycles. The van der Waals surface area contributed by atoms with E-state index in [-0.39, 0.29) is 22.2 Å². The lowest BCUT2D eigenvalue weighted by Crippen LogP contribution is -2.14. The lowest BCUT2D eigenvalue weighted by Gasteiger charge is -2.13. The molecule has 10 heteroatoms. The van der Waals surface area contributed by atoms with Gasteiger partial charge in [-0.05, 0) is 42.5 Å². The van der Waals surface area contributed by atoms with Gasteiger partial charge in [-0.15, -0.1) is 0 Å². The molecule has 0 aliphatic rings. The van der Waals surface area contributed by atoms with E-state index in [1.54, 1.807) is 0 Å². The summed E-state index contributed by atoms with van der Waals surface area (Å²) in [5.74, 6) is -0.0660. The maximum atomic E-state index is 12.6. The van der Waals surface area contributed by atoms with Gasteiger partial charge in [0.15, 0.2) is 0 Å². The average molecular weight is 388 g/mol. The summed E-state index contributed by atoms with van der Waals surface area (Å²) in [6, 6.07) is 7.27. The molecule has 0 unspecified atom stereocenters. The van der Waals surface area contributed by atoms with E-state index in [9.17, 15) is 26.4 Å². The van der Waals surface area contributed by atoms with Crippen LogP contribution < -0.4 is 14.8 Å². The number of halogens is 3. The molecule has 2 N–H and O–H groups in total. The molecular formula is C16H15F3N2O4S. The summed E-state index contributed by atoms with van der Waals surface area (Å²) in [6.45, 7) is 1.28. The highest BCUT2D eigenvalue weighted by molar-refractivity contribution is 7.92. The molecule has 0 bridgehead atoms. The highest BCUT2D eigenvalue weighted by Gasteiger charge is 2.30. The molecule has 0 fully saturated rings. The second kappa shape index (κ2) is 7.24. The lowest BCUT2D eigenvalue weighted by atomic mass is 10.2. The van der Waals surface area contributed by atoms with Gasteiger partial charge in [0.1, 0.15) is 5.75 Å². The molecule has 0 aromatic heterocycles. The number of rotatable bonds is 5. The average Bonchev–Trinajstić information content (AvgIpc) is 2.53. The Bertz CT molecular complexity index is 910. The van der Waals surface area contributed by atoms with E-state index in [4.69, 9.17) is 4.74 Å². The third kappa shape index (κ3) is 4.66. The van der Waals surface area contributed by atoms with Crippen molar-refractivity contribution in [2.75, 3.05) is 17.1 Å². The Morgan fingerprint density at radius 2 is 1.69 bits per heavy atom. The van der Waals surface area contributed by atoms with Gasteiger partial charge in [0.05, 0.1) is 28.9 Å². The molecule has 2 aromatic rings. The van der Waals surface area contributed by atoms with Crippen molar-refractivity contribution < 1.29 is 31.1 Å². The standard InChI is InChI=1S/C16H15F3N2O4S/c1-10(22)20-14-9-12(5-8-15(14)25-2)21-26(23,24)13-6-3-11(4-7-13)16(17,18)19/h3-9,21H,1-2H3,(H,20,22). The summed E-state index contributed by atoms with van der Waals surface area (Å²) in [7, 11) is -2.73. The number of carbonyl (C=O) groups excluding carboxylic acids is 1. The zero-order valence-electron chi connectivity index (χ0n) is 13.7. The van der Waals surface area contributed by atoms with Gasteiger partial charge in [0, 0.05) is 6.92 Å². The van der Waals surface area contributed by atoms with Crippen molar-refractivity contribution in [1.82, 2.24) is 0 Å². The number of methoxy groups -OCH3 is 1. The molecule has 26 heavy (non-hydrogen) atoms. The molecule has 2 aromatic carbocycles. The predicted molar refractivity (Wildman–Crippen MR) is 89.6 cm³/mol. The summed E-state index contributed by atoms with van der Waals surface area (Å²) >= 11 is 0. The number of ether oxygens (including phenoxy) is 1. The third-order valence-electron chi connectivity index (χ3n) is 3.25. The summed E-state index contributed by atoms with van der Waals surface area (Å²) in [5, 5.41) is 2.49. The van der Waals surface area contributed by atoms with Crippen LogP contribution in [0.15, 0.2) is 47.4 Å². The third-order valence-corrected chi connectivity index (χ3v) is 4.65. The Hall–Kier alpha value is -2.75. The zero-order valence-corrected chi connectivity index (χ0v) is 14.5. The fourth-order valence-corrected chi connectivity index (χ4v) is 3.15. The fourth-order valence-electron chi connectivity index (χ4n) is 2.10. The number of alkyl halides is 3. The maximum Gasteiger partial charge on any atom is 0.416 e. The van der Waals surface area contributed by atoms with Crippen molar-refractivity contribution in [3.05, 3.63) is 48.0 Å². The number of hydrogen-bond acceptors (Lipinski definition) is 4. The Labute approximate surface area is 148 Å². The number of sulfonamides is 1. The van der Waals surface area contributed by atoms with Gasteiger partial charge in [-0.2, -0.15) is 13.2 Å². The SMILES string of the molecule is COc1ccc(NS(=O)(=O)c2ccc(C(F)(F)F)cc2)cc1NC(C)=O. The molecule has 1 amide bonds. The second-order valence-electron chi connectivity index (χ2n) is 5.22. The van der Waals surface area contributed by atoms with Gasteiger partial charge >= 0.3 is 6.18 Å². The van der Waals surface area contributed by atoms with Crippen LogP contribution in [0.25, 0.3) is 0 Å². The predicted octanol–water partition coefficient (Wildman–Crippen LogP) is 3.47.